The molecule has 9 heteroatoms. The molecule has 0 bridgehead atoms. The lowest BCUT2D eigenvalue weighted by Crippen LogP contribution is -2.35. The number of amides is 1. The van der Waals surface area contributed by atoms with Gasteiger partial charge in [-0.2, -0.15) is 13.2 Å². The van der Waals surface area contributed by atoms with E-state index in [4.69, 9.17) is 4.74 Å². The molecular formula is C19H20F3N3O3. The average Bonchev–Trinajstić information content (AvgIpc) is 2.93. The van der Waals surface area contributed by atoms with E-state index in [0.717, 1.165) is 12.3 Å². The molecule has 0 unspecified atom stereocenters. The zero-order valence-electron chi connectivity index (χ0n) is 15.2. The van der Waals surface area contributed by atoms with Gasteiger partial charge in [0.05, 0.1) is 18.2 Å². The van der Waals surface area contributed by atoms with Gasteiger partial charge in [-0.25, -0.2) is 4.98 Å². The summed E-state index contributed by atoms with van der Waals surface area (Å²) in [4.78, 5) is 20.1. The Bertz CT molecular complexity index is 841. The first kappa shape index (κ1) is 19.8. The first-order valence-corrected chi connectivity index (χ1v) is 8.74. The molecule has 1 aromatic carbocycles. The summed E-state index contributed by atoms with van der Waals surface area (Å²) in [6.07, 6.45) is -2.97. The van der Waals surface area contributed by atoms with E-state index >= 15 is 0 Å². The number of rotatable bonds is 3. The van der Waals surface area contributed by atoms with E-state index in [1.165, 1.54) is 25.3 Å². The smallest absolute Gasteiger partial charge is 0.417 e. The van der Waals surface area contributed by atoms with Crippen LogP contribution in [0.3, 0.4) is 0 Å². The molecule has 6 nitrogen and oxygen atoms in total. The second-order valence-corrected chi connectivity index (χ2v) is 6.42. The number of phenolic OH excluding ortho intramolecular Hbond substituents is 1. The quantitative estimate of drug-likeness (QED) is 0.865. The number of benzene rings is 1. The van der Waals surface area contributed by atoms with Crippen LogP contribution in [0.1, 0.15) is 22.3 Å². The van der Waals surface area contributed by atoms with Gasteiger partial charge >= 0.3 is 6.18 Å². The SMILES string of the molecule is COc1ccc(C(=O)N2CCCN(c3ccc(C(F)(F)F)cn3)CC2)c(O)c1. The van der Waals surface area contributed by atoms with Gasteiger partial charge in [-0.1, -0.05) is 0 Å². The number of aromatic nitrogens is 1. The highest BCUT2D eigenvalue weighted by Gasteiger charge is 2.31. The minimum Gasteiger partial charge on any atom is -0.507 e. The molecule has 1 fully saturated rings. The van der Waals surface area contributed by atoms with Crippen LogP contribution in [0, 0.1) is 0 Å². The molecule has 1 aromatic heterocycles. The molecule has 0 radical (unpaired) electrons. The number of nitrogens with zero attached hydrogens (tertiary/aromatic N) is 3. The summed E-state index contributed by atoms with van der Waals surface area (Å²) in [5, 5.41) is 10.1. The molecule has 0 spiro atoms. The highest BCUT2D eigenvalue weighted by molar-refractivity contribution is 5.97. The Morgan fingerprint density at radius 2 is 1.93 bits per heavy atom. The molecule has 1 aliphatic heterocycles. The fourth-order valence-corrected chi connectivity index (χ4v) is 3.08. The van der Waals surface area contributed by atoms with Crippen molar-refractivity contribution in [3.05, 3.63) is 47.7 Å². The molecule has 1 aliphatic rings. The Morgan fingerprint density at radius 3 is 2.54 bits per heavy atom. The molecule has 1 saturated heterocycles. The van der Waals surface area contributed by atoms with Crippen molar-refractivity contribution in [2.45, 2.75) is 12.6 Å². The molecule has 1 amide bonds. The molecule has 1 N–H and O–H groups in total. The molecule has 0 atom stereocenters. The van der Waals surface area contributed by atoms with Crippen molar-refractivity contribution in [1.82, 2.24) is 9.88 Å². The largest absolute Gasteiger partial charge is 0.507 e. The highest BCUT2D eigenvalue weighted by atomic mass is 19.4. The third-order valence-corrected chi connectivity index (χ3v) is 4.62. The normalized spacial score (nSPS) is 15.3. The maximum atomic E-state index is 12.7. The number of hydrogen-bond donors (Lipinski definition) is 1. The molecular weight excluding hydrogens is 375 g/mol. The number of anilines is 1. The second kappa shape index (κ2) is 7.95. The van der Waals surface area contributed by atoms with Crippen LogP contribution in [0.25, 0.3) is 0 Å². The van der Waals surface area contributed by atoms with E-state index in [2.05, 4.69) is 4.98 Å². The number of hydrogen-bond acceptors (Lipinski definition) is 5. The van der Waals surface area contributed by atoms with Crippen molar-refractivity contribution in [1.29, 1.82) is 0 Å². The Kier molecular flexibility index (Phi) is 5.62. The summed E-state index contributed by atoms with van der Waals surface area (Å²) >= 11 is 0. The van der Waals surface area contributed by atoms with Gasteiger partial charge in [-0.05, 0) is 30.7 Å². The van der Waals surface area contributed by atoms with E-state index in [1.807, 2.05) is 4.90 Å². The minimum atomic E-state index is -4.42. The molecule has 0 saturated carbocycles. The predicted octanol–water partition coefficient (Wildman–Crippen LogP) is 3.17. The Hall–Kier alpha value is -2.97. The first-order valence-electron chi connectivity index (χ1n) is 8.74. The number of carbonyl (C=O) groups excluding carboxylic acids is 1. The number of pyridine rings is 1. The van der Waals surface area contributed by atoms with E-state index in [1.54, 1.807) is 11.0 Å². The summed E-state index contributed by atoms with van der Waals surface area (Å²) in [7, 11) is 1.47. The maximum absolute atomic E-state index is 12.7. The Morgan fingerprint density at radius 1 is 1.14 bits per heavy atom. The first-order chi connectivity index (χ1) is 13.3. The van der Waals surface area contributed by atoms with Gasteiger partial charge in [0.25, 0.3) is 5.91 Å². The fourth-order valence-electron chi connectivity index (χ4n) is 3.08. The lowest BCUT2D eigenvalue weighted by atomic mass is 10.1. The van der Waals surface area contributed by atoms with Crippen LogP contribution in [-0.4, -0.2) is 54.2 Å². The van der Waals surface area contributed by atoms with Crippen LogP contribution in [0.4, 0.5) is 19.0 Å². The van der Waals surface area contributed by atoms with Crippen LogP contribution in [0.15, 0.2) is 36.5 Å². The molecule has 3 rings (SSSR count). The van der Waals surface area contributed by atoms with Crippen LogP contribution in [0.2, 0.25) is 0 Å². The zero-order valence-corrected chi connectivity index (χ0v) is 15.2. The molecule has 2 aromatic rings. The van der Waals surface area contributed by atoms with Crippen molar-refractivity contribution < 1.29 is 27.8 Å². The summed E-state index contributed by atoms with van der Waals surface area (Å²) in [5.74, 6) is 0.427. The number of methoxy groups -OCH3 is 1. The molecule has 0 aliphatic carbocycles. The number of aromatic hydroxyl groups is 1. The van der Waals surface area contributed by atoms with Gasteiger partial charge in [0, 0.05) is 38.4 Å². The number of ether oxygens (including phenoxy) is 1. The number of halogens is 3. The minimum absolute atomic E-state index is 0.158. The summed E-state index contributed by atoms with van der Waals surface area (Å²) < 4.78 is 43.1. The summed E-state index contributed by atoms with van der Waals surface area (Å²) in [6, 6.07) is 6.84. The fraction of sp³-hybridized carbons (Fsp3) is 0.368. The van der Waals surface area contributed by atoms with Gasteiger partial charge in [0.2, 0.25) is 0 Å². The Balaban J connectivity index is 1.68. The lowest BCUT2D eigenvalue weighted by Gasteiger charge is -2.23. The van der Waals surface area contributed by atoms with Crippen molar-refractivity contribution >= 4 is 11.7 Å². The van der Waals surface area contributed by atoms with Gasteiger partial charge in [0.1, 0.15) is 17.3 Å². The van der Waals surface area contributed by atoms with Gasteiger partial charge < -0.3 is 19.6 Å². The van der Waals surface area contributed by atoms with Crippen molar-refractivity contribution in [2.75, 3.05) is 38.2 Å². The summed E-state index contributed by atoms with van der Waals surface area (Å²) in [5.41, 5.74) is -0.611. The number of phenols is 1. The molecule has 2 heterocycles. The van der Waals surface area contributed by atoms with Gasteiger partial charge in [-0.15, -0.1) is 0 Å². The Labute approximate surface area is 160 Å². The van der Waals surface area contributed by atoms with Crippen molar-refractivity contribution in [2.24, 2.45) is 0 Å². The van der Waals surface area contributed by atoms with Crippen molar-refractivity contribution in [3.8, 4) is 11.5 Å². The monoisotopic (exact) mass is 395 g/mol. The van der Waals surface area contributed by atoms with Crippen LogP contribution in [0.5, 0.6) is 11.5 Å². The summed E-state index contributed by atoms with van der Waals surface area (Å²) in [6.45, 7) is 1.84. The van der Waals surface area contributed by atoms with Crippen LogP contribution >= 0.6 is 0 Å². The second-order valence-electron chi connectivity index (χ2n) is 6.42. The van der Waals surface area contributed by atoms with Gasteiger partial charge in [-0.3, -0.25) is 4.79 Å². The van der Waals surface area contributed by atoms with Gasteiger partial charge in [0.15, 0.2) is 0 Å². The van der Waals surface area contributed by atoms with E-state index in [-0.39, 0.29) is 17.2 Å². The van der Waals surface area contributed by atoms with E-state index < -0.39 is 11.7 Å². The lowest BCUT2D eigenvalue weighted by molar-refractivity contribution is -0.137. The van der Waals surface area contributed by atoms with Crippen LogP contribution < -0.4 is 9.64 Å². The van der Waals surface area contributed by atoms with Crippen molar-refractivity contribution in [3.63, 3.8) is 0 Å². The number of carbonyl (C=O) groups is 1. The maximum Gasteiger partial charge on any atom is 0.417 e. The third-order valence-electron chi connectivity index (χ3n) is 4.62. The topological polar surface area (TPSA) is 65.9 Å². The predicted molar refractivity (Wildman–Crippen MR) is 96.6 cm³/mol. The highest BCUT2D eigenvalue weighted by Crippen LogP contribution is 2.30. The average molecular weight is 395 g/mol. The van der Waals surface area contributed by atoms with E-state index in [0.29, 0.717) is 44.2 Å². The number of alkyl halides is 3. The standard InChI is InChI=1S/C19H20F3N3O3/c1-28-14-4-5-15(16(26)11-14)18(27)25-8-2-7-24(9-10-25)17-6-3-13(12-23-17)19(20,21)22/h3-6,11-12,26H,2,7-10H2,1H3. The zero-order chi connectivity index (χ0) is 20.3. The molecule has 28 heavy (non-hydrogen) atoms. The van der Waals surface area contributed by atoms with E-state index in [9.17, 15) is 23.1 Å². The molecule has 150 valence electrons. The third kappa shape index (κ3) is 4.29. The van der Waals surface area contributed by atoms with Crippen LogP contribution in [-0.2, 0) is 6.18 Å².